The average Bonchev–Trinajstić information content (AvgIpc) is 3.41. The van der Waals surface area contributed by atoms with Gasteiger partial charge in [-0.25, -0.2) is 0 Å². The molecule has 150 valence electrons. The van der Waals surface area contributed by atoms with E-state index in [0.29, 0.717) is 18.9 Å². The van der Waals surface area contributed by atoms with Crippen LogP contribution in [-0.2, 0) is 4.79 Å². The van der Waals surface area contributed by atoms with Crippen LogP contribution < -0.4 is 19.7 Å². The Bertz CT molecular complexity index is 1040. The van der Waals surface area contributed by atoms with Crippen molar-refractivity contribution >= 4 is 22.5 Å². The van der Waals surface area contributed by atoms with Crippen molar-refractivity contribution in [2.45, 2.75) is 19.3 Å². The average molecular weight is 392 g/mol. The lowest BCUT2D eigenvalue weighted by molar-refractivity contribution is -0.123. The Morgan fingerprint density at radius 3 is 2.76 bits per heavy atom. The number of carbonyl (C=O) groups is 1. The van der Waals surface area contributed by atoms with Crippen LogP contribution in [0.4, 0.5) is 5.69 Å². The summed E-state index contributed by atoms with van der Waals surface area (Å²) < 4.78 is 11.7. The lowest BCUT2D eigenvalue weighted by Crippen LogP contribution is -2.30. The molecule has 7 nitrogen and oxygen atoms in total. The first kappa shape index (κ1) is 17.8. The Labute approximate surface area is 169 Å². The second kappa shape index (κ2) is 7.66. The quantitative estimate of drug-likeness (QED) is 0.665. The van der Waals surface area contributed by atoms with Crippen molar-refractivity contribution in [3.05, 3.63) is 36.4 Å². The van der Waals surface area contributed by atoms with E-state index in [0.717, 1.165) is 53.1 Å². The van der Waals surface area contributed by atoms with Crippen LogP contribution in [0, 0.1) is 0 Å². The van der Waals surface area contributed by atoms with Crippen molar-refractivity contribution in [2.24, 2.45) is 0 Å². The predicted molar refractivity (Wildman–Crippen MR) is 112 cm³/mol. The number of fused-ring (bicyclic) bond motifs is 4. The van der Waals surface area contributed by atoms with E-state index < -0.39 is 0 Å². The van der Waals surface area contributed by atoms with Crippen LogP contribution in [0.5, 0.6) is 11.5 Å². The molecular weight excluding hydrogens is 368 g/mol. The third-order valence-electron chi connectivity index (χ3n) is 5.45. The Kier molecular flexibility index (Phi) is 4.71. The van der Waals surface area contributed by atoms with E-state index in [4.69, 9.17) is 9.47 Å². The maximum Gasteiger partial charge on any atom is 0.257 e. The molecule has 4 bridgehead atoms. The zero-order valence-electron chi connectivity index (χ0n) is 16.2. The minimum Gasteiger partial charge on any atom is -0.494 e. The summed E-state index contributed by atoms with van der Waals surface area (Å²) in [6.07, 6.45) is 3.11. The number of H-pyrrole nitrogens is 1. The fourth-order valence-electron chi connectivity index (χ4n) is 3.95. The summed E-state index contributed by atoms with van der Waals surface area (Å²) in [5, 5.41) is 11.6. The van der Waals surface area contributed by atoms with E-state index in [9.17, 15) is 4.79 Å². The van der Waals surface area contributed by atoms with Gasteiger partial charge >= 0.3 is 0 Å². The minimum absolute atomic E-state index is 0.00647. The van der Waals surface area contributed by atoms with Gasteiger partial charge in [0.2, 0.25) is 0 Å². The van der Waals surface area contributed by atoms with Crippen molar-refractivity contribution in [1.29, 1.82) is 0 Å². The molecular formula is C22H24N4O3. The summed E-state index contributed by atoms with van der Waals surface area (Å²) in [4.78, 5) is 14.5. The van der Waals surface area contributed by atoms with E-state index in [1.165, 1.54) is 12.8 Å². The van der Waals surface area contributed by atoms with Gasteiger partial charge in [-0.3, -0.25) is 9.89 Å². The monoisotopic (exact) mass is 392 g/mol. The van der Waals surface area contributed by atoms with Crippen molar-refractivity contribution in [2.75, 3.05) is 37.7 Å². The molecule has 0 atom stereocenters. The maximum atomic E-state index is 12.1. The van der Waals surface area contributed by atoms with Crippen LogP contribution in [-0.4, -0.2) is 49.0 Å². The number of anilines is 1. The van der Waals surface area contributed by atoms with Crippen molar-refractivity contribution in [3.63, 3.8) is 0 Å². The summed E-state index contributed by atoms with van der Waals surface area (Å²) in [6, 6.07) is 12.1. The zero-order valence-corrected chi connectivity index (χ0v) is 16.2. The van der Waals surface area contributed by atoms with Gasteiger partial charge in [-0.15, -0.1) is 0 Å². The normalized spacial score (nSPS) is 17.4. The molecule has 0 aliphatic carbocycles. The van der Waals surface area contributed by atoms with Crippen LogP contribution in [0.1, 0.15) is 19.3 Å². The number of aromatic amines is 1. The van der Waals surface area contributed by atoms with Gasteiger partial charge in [0, 0.05) is 42.3 Å². The highest BCUT2D eigenvalue weighted by Gasteiger charge is 2.18. The topological polar surface area (TPSA) is 79.5 Å². The van der Waals surface area contributed by atoms with Crippen LogP contribution in [0.3, 0.4) is 0 Å². The first-order valence-corrected chi connectivity index (χ1v) is 10.2. The van der Waals surface area contributed by atoms with Gasteiger partial charge < -0.3 is 19.7 Å². The molecule has 3 heterocycles. The maximum absolute atomic E-state index is 12.1. The molecule has 0 radical (unpaired) electrons. The lowest BCUT2D eigenvalue weighted by atomic mass is 10.1. The van der Waals surface area contributed by atoms with Crippen molar-refractivity contribution in [1.82, 2.24) is 15.5 Å². The van der Waals surface area contributed by atoms with E-state index in [1.807, 2.05) is 30.3 Å². The standard InChI is InChI=1S/C22H24N4O3/c27-21-14-29-18-11-15(10-16(12-18)26-7-1-2-8-26)22-19-13-17(28-9-3-6-23-21)4-5-20(19)24-25-22/h4-5,10-13H,1-3,6-9,14H2,(H,23,27)(H,24,25). The molecule has 2 aliphatic rings. The molecule has 2 aromatic carbocycles. The summed E-state index contributed by atoms with van der Waals surface area (Å²) in [5.41, 5.74) is 3.88. The van der Waals surface area contributed by atoms with E-state index in [1.54, 1.807) is 0 Å². The molecule has 0 saturated carbocycles. The van der Waals surface area contributed by atoms with E-state index in [-0.39, 0.29) is 12.5 Å². The van der Waals surface area contributed by atoms with Crippen LogP contribution >= 0.6 is 0 Å². The van der Waals surface area contributed by atoms with Gasteiger partial charge in [0.05, 0.1) is 12.1 Å². The first-order valence-electron chi connectivity index (χ1n) is 10.2. The van der Waals surface area contributed by atoms with Gasteiger partial charge in [0.25, 0.3) is 5.91 Å². The Balaban J connectivity index is 1.61. The van der Waals surface area contributed by atoms with E-state index in [2.05, 4.69) is 26.5 Å². The highest BCUT2D eigenvalue weighted by atomic mass is 16.5. The SMILES string of the molecule is O=C1COc2cc(cc(N3CCCC3)c2)-c2n[nH]c3ccc(cc23)OCCCN1. The summed E-state index contributed by atoms with van der Waals surface area (Å²) >= 11 is 0. The fourth-order valence-corrected chi connectivity index (χ4v) is 3.95. The molecule has 29 heavy (non-hydrogen) atoms. The summed E-state index contributed by atoms with van der Waals surface area (Å²) in [7, 11) is 0. The number of nitrogens with one attached hydrogen (secondary N) is 2. The lowest BCUT2D eigenvalue weighted by Gasteiger charge is -2.20. The number of hydrogen-bond donors (Lipinski definition) is 2. The Morgan fingerprint density at radius 2 is 1.86 bits per heavy atom. The van der Waals surface area contributed by atoms with Gasteiger partial charge in [0.15, 0.2) is 6.61 Å². The highest BCUT2D eigenvalue weighted by molar-refractivity contribution is 5.94. The number of ether oxygens (including phenoxy) is 2. The van der Waals surface area contributed by atoms with Crippen LogP contribution in [0.15, 0.2) is 36.4 Å². The predicted octanol–water partition coefficient (Wildman–Crippen LogP) is 3.11. The number of aromatic nitrogens is 2. The fraction of sp³-hybridized carbons (Fsp3) is 0.364. The molecule has 3 aromatic rings. The number of rotatable bonds is 1. The smallest absolute Gasteiger partial charge is 0.257 e. The molecule has 2 aliphatic heterocycles. The number of benzene rings is 2. The highest BCUT2D eigenvalue weighted by Crippen LogP contribution is 2.35. The molecule has 1 aromatic heterocycles. The van der Waals surface area contributed by atoms with Gasteiger partial charge in [-0.2, -0.15) is 5.10 Å². The first-order chi connectivity index (χ1) is 14.3. The molecule has 0 unspecified atom stereocenters. The van der Waals surface area contributed by atoms with Crippen LogP contribution in [0.2, 0.25) is 0 Å². The van der Waals surface area contributed by atoms with E-state index >= 15 is 0 Å². The minimum atomic E-state index is -0.129. The molecule has 1 fully saturated rings. The summed E-state index contributed by atoms with van der Waals surface area (Å²) in [6.45, 7) is 3.14. The van der Waals surface area contributed by atoms with Gasteiger partial charge in [0.1, 0.15) is 17.2 Å². The van der Waals surface area contributed by atoms with Crippen molar-refractivity contribution in [3.8, 4) is 22.8 Å². The molecule has 1 amide bonds. The zero-order chi connectivity index (χ0) is 19.6. The van der Waals surface area contributed by atoms with Gasteiger partial charge in [-0.1, -0.05) is 0 Å². The molecule has 7 heteroatoms. The Hall–Kier alpha value is -3.22. The van der Waals surface area contributed by atoms with Gasteiger partial charge in [-0.05, 0) is 49.6 Å². The summed E-state index contributed by atoms with van der Waals surface area (Å²) in [5.74, 6) is 1.35. The number of amides is 1. The second-order valence-corrected chi connectivity index (χ2v) is 7.53. The Morgan fingerprint density at radius 1 is 0.966 bits per heavy atom. The molecule has 5 rings (SSSR count). The second-order valence-electron chi connectivity index (χ2n) is 7.53. The third-order valence-corrected chi connectivity index (χ3v) is 5.45. The number of hydrogen-bond acceptors (Lipinski definition) is 5. The molecule has 0 spiro atoms. The number of nitrogens with zero attached hydrogens (tertiary/aromatic N) is 2. The third kappa shape index (κ3) is 3.72. The van der Waals surface area contributed by atoms with Crippen LogP contribution in [0.25, 0.3) is 22.2 Å². The molecule has 1 saturated heterocycles. The largest absolute Gasteiger partial charge is 0.494 e. The van der Waals surface area contributed by atoms with Crippen molar-refractivity contribution < 1.29 is 14.3 Å². The molecule has 2 N–H and O–H groups in total. The number of carbonyl (C=O) groups excluding carboxylic acids is 1.